The normalized spacial score (nSPS) is 17.2. The number of piperazine rings is 1. The minimum atomic E-state index is -0.878. The zero-order valence-electron chi connectivity index (χ0n) is 14.0. The van der Waals surface area contributed by atoms with E-state index in [0.29, 0.717) is 13.1 Å². The molecule has 0 aromatic carbocycles. The summed E-state index contributed by atoms with van der Waals surface area (Å²) >= 11 is 19.2. The van der Waals surface area contributed by atoms with E-state index in [1.807, 2.05) is 0 Å². The zero-order chi connectivity index (χ0) is 19.8. The largest absolute Gasteiger partial charge is 0.353 e. The molecule has 2 amide bonds. The van der Waals surface area contributed by atoms with Gasteiger partial charge < -0.3 is 20.4 Å². The lowest BCUT2D eigenvalue weighted by Gasteiger charge is -2.34. The third kappa shape index (κ3) is 11.1. The third-order valence-electron chi connectivity index (χ3n) is 3.85. The van der Waals surface area contributed by atoms with Gasteiger partial charge in [-0.05, 0) is 122 Å². The Kier molecular flexibility index (Phi) is 12.3. The highest BCUT2D eigenvalue weighted by atomic mass is 80.0. The minimum Gasteiger partial charge on any atom is -0.353 e. The second-order valence-corrected chi connectivity index (χ2v) is 19.4. The summed E-state index contributed by atoms with van der Waals surface area (Å²) in [6, 6.07) is 0. The molecule has 1 rings (SSSR count). The van der Waals surface area contributed by atoms with E-state index >= 15 is 0 Å². The van der Waals surface area contributed by atoms with Crippen molar-refractivity contribution in [2.45, 2.75) is 17.1 Å². The highest BCUT2D eigenvalue weighted by Gasteiger charge is 2.28. The molecule has 1 fully saturated rings. The summed E-state index contributed by atoms with van der Waals surface area (Å²) in [4.78, 5) is 28.2. The van der Waals surface area contributed by atoms with Crippen LogP contribution in [0.5, 0.6) is 0 Å². The fourth-order valence-electron chi connectivity index (χ4n) is 2.45. The van der Waals surface area contributed by atoms with Crippen molar-refractivity contribution in [2.75, 3.05) is 52.4 Å². The summed E-state index contributed by atoms with van der Waals surface area (Å²) in [5, 5.41) is 5.73. The van der Waals surface area contributed by atoms with Crippen LogP contribution in [0.2, 0.25) is 0 Å². The predicted octanol–water partition coefficient (Wildman–Crippen LogP) is 3.29. The molecule has 0 aromatic heterocycles. The Morgan fingerprint density at radius 1 is 0.692 bits per heavy atom. The summed E-state index contributed by atoms with van der Waals surface area (Å²) in [5.41, 5.74) is 0. The van der Waals surface area contributed by atoms with Crippen LogP contribution in [0.15, 0.2) is 0 Å². The van der Waals surface area contributed by atoms with Crippen molar-refractivity contribution in [1.29, 1.82) is 0 Å². The van der Waals surface area contributed by atoms with E-state index in [1.165, 1.54) is 0 Å². The van der Waals surface area contributed by atoms with Gasteiger partial charge in [0.15, 0.2) is 0 Å². The number of alkyl halides is 6. The molecule has 6 nitrogen and oxygen atoms in total. The number of nitrogens with zero attached hydrogens (tertiary/aromatic N) is 2. The minimum absolute atomic E-state index is 0.133. The number of carbonyl (C=O) groups is 2. The second-order valence-electron chi connectivity index (χ2n) is 5.90. The summed E-state index contributed by atoms with van der Waals surface area (Å²) in [6.45, 7) is 7.40. The zero-order valence-corrected chi connectivity index (χ0v) is 23.6. The molecule has 1 aliphatic rings. The first-order chi connectivity index (χ1) is 12.0. The van der Waals surface area contributed by atoms with Gasteiger partial charge in [0.05, 0.1) is 0 Å². The molecule has 1 aliphatic heterocycles. The van der Waals surface area contributed by atoms with Gasteiger partial charge in [0.2, 0.25) is 4.29 Å². The molecule has 0 spiro atoms. The smallest absolute Gasteiger partial charge is 0.258 e. The van der Waals surface area contributed by atoms with Gasteiger partial charge in [-0.25, -0.2) is 0 Å². The molecule has 0 aromatic rings. The highest BCUT2D eigenvalue weighted by molar-refractivity contribution is 9.40. The maximum Gasteiger partial charge on any atom is 0.258 e. The van der Waals surface area contributed by atoms with Crippen molar-refractivity contribution in [2.24, 2.45) is 0 Å². The Hall–Kier alpha value is 1.74. The Balaban J connectivity index is 2.07. The van der Waals surface area contributed by atoms with Crippen LogP contribution >= 0.6 is 95.6 Å². The van der Waals surface area contributed by atoms with E-state index in [4.69, 9.17) is 0 Å². The Labute approximate surface area is 205 Å². The molecule has 2 N–H and O–H groups in total. The van der Waals surface area contributed by atoms with E-state index in [1.54, 1.807) is 0 Å². The van der Waals surface area contributed by atoms with Crippen LogP contribution in [-0.2, 0) is 9.59 Å². The van der Waals surface area contributed by atoms with Crippen molar-refractivity contribution >= 4 is 107 Å². The Bertz CT molecular complexity index is 419. The lowest BCUT2D eigenvalue weighted by molar-refractivity contribution is -0.120. The quantitative estimate of drug-likeness (QED) is 0.295. The molecule has 0 unspecified atom stereocenters. The van der Waals surface area contributed by atoms with Crippen molar-refractivity contribution in [3.8, 4) is 0 Å². The van der Waals surface area contributed by atoms with E-state index in [2.05, 4.69) is 116 Å². The standard InChI is InChI=1S/C14H22Br6N4O2/c15-13(16,17)11(25)21-3-1-5-23-7-9-24(10-8-23)6-2-4-22-12(26)14(18,19)20/h1-10H2,(H,21,25)(H,22,26). The molecule has 26 heavy (non-hydrogen) atoms. The van der Waals surface area contributed by atoms with Crippen LogP contribution in [0.3, 0.4) is 0 Å². The van der Waals surface area contributed by atoms with E-state index < -0.39 is 4.29 Å². The average molecular weight is 758 g/mol. The fraction of sp³-hybridized carbons (Fsp3) is 0.857. The van der Waals surface area contributed by atoms with E-state index in [-0.39, 0.29) is 11.8 Å². The highest BCUT2D eigenvalue weighted by Crippen LogP contribution is 2.33. The van der Waals surface area contributed by atoms with Crippen LogP contribution in [0.1, 0.15) is 12.8 Å². The molecule has 0 atom stereocenters. The molecule has 0 saturated carbocycles. The molecular weight excluding hydrogens is 736 g/mol. The molecule has 152 valence electrons. The van der Waals surface area contributed by atoms with Gasteiger partial charge in [0.1, 0.15) is 0 Å². The first-order valence-corrected chi connectivity index (χ1v) is 12.9. The topological polar surface area (TPSA) is 64.7 Å². The summed E-state index contributed by atoms with van der Waals surface area (Å²) < 4.78 is -1.76. The van der Waals surface area contributed by atoms with E-state index in [9.17, 15) is 9.59 Å². The van der Waals surface area contributed by atoms with E-state index in [0.717, 1.165) is 52.1 Å². The van der Waals surface area contributed by atoms with Crippen LogP contribution in [0, 0.1) is 0 Å². The van der Waals surface area contributed by atoms with Crippen LogP contribution in [0.25, 0.3) is 0 Å². The molecular formula is C14H22Br6N4O2. The predicted molar refractivity (Wildman–Crippen MR) is 127 cm³/mol. The number of halogens is 6. The van der Waals surface area contributed by atoms with Crippen molar-refractivity contribution in [3.63, 3.8) is 0 Å². The second kappa shape index (κ2) is 12.4. The fourth-order valence-corrected chi connectivity index (χ4v) is 3.29. The van der Waals surface area contributed by atoms with Crippen molar-refractivity contribution < 1.29 is 9.59 Å². The average Bonchev–Trinajstić information content (AvgIpc) is 2.54. The monoisotopic (exact) mass is 752 g/mol. The van der Waals surface area contributed by atoms with Gasteiger partial charge in [0, 0.05) is 39.3 Å². The van der Waals surface area contributed by atoms with Crippen LogP contribution < -0.4 is 10.6 Å². The number of carbonyl (C=O) groups excluding carboxylic acids is 2. The maximum absolute atomic E-state index is 11.7. The molecule has 1 heterocycles. The molecule has 0 aliphatic carbocycles. The van der Waals surface area contributed by atoms with Gasteiger partial charge in [-0.1, -0.05) is 0 Å². The van der Waals surface area contributed by atoms with Crippen molar-refractivity contribution in [3.05, 3.63) is 0 Å². The van der Waals surface area contributed by atoms with Gasteiger partial charge >= 0.3 is 0 Å². The maximum atomic E-state index is 11.7. The first-order valence-electron chi connectivity index (χ1n) is 8.15. The van der Waals surface area contributed by atoms with Crippen molar-refractivity contribution in [1.82, 2.24) is 20.4 Å². The van der Waals surface area contributed by atoms with Crippen LogP contribution in [0.4, 0.5) is 0 Å². The van der Waals surface area contributed by atoms with Gasteiger partial charge in [-0.2, -0.15) is 0 Å². The van der Waals surface area contributed by atoms with Gasteiger partial charge in [0.25, 0.3) is 11.8 Å². The molecule has 12 heteroatoms. The number of hydrogen-bond donors (Lipinski definition) is 2. The lowest BCUT2D eigenvalue weighted by Crippen LogP contribution is -2.47. The SMILES string of the molecule is O=C(NCCCN1CCN(CCCNC(=O)C(Br)(Br)Br)CC1)C(Br)(Br)Br. The summed E-state index contributed by atoms with van der Waals surface area (Å²) in [5.74, 6) is -0.266. The molecule has 0 bridgehead atoms. The van der Waals surface area contributed by atoms with Crippen LogP contribution in [-0.4, -0.2) is 78.3 Å². The number of nitrogens with one attached hydrogen (secondary N) is 2. The van der Waals surface area contributed by atoms with Gasteiger partial charge in [-0.15, -0.1) is 0 Å². The number of hydrogen-bond acceptors (Lipinski definition) is 4. The Morgan fingerprint density at radius 3 is 1.27 bits per heavy atom. The summed E-state index contributed by atoms with van der Waals surface area (Å²) in [7, 11) is 0. The summed E-state index contributed by atoms with van der Waals surface area (Å²) in [6.07, 6.45) is 1.85. The Morgan fingerprint density at radius 2 is 1.00 bits per heavy atom. The van der Waals surface area contributed by atoms with Gasteiger partial charge in [-0.3, -0.25) is 9.59 Å². The number of rotatable bonds is 8. The molecule has 1 saturated heterocycles. The molecule has 0 radical (unpaired) electrons. The number of amides is 2. The lowest BCUT2D eigenvalue weighted by atomic mass is 10.2. The first kappa shape index (κ1) is 25.8. The third-order valence-corrected chi connectivity index (χ3v) is 6.01.